The highest BCUT2D eigenvalue weighted by atomic mass is 16.5. The lowest BCUT2D eigenvalue weighted by Gasteiger charge is -2.18. The highest BCUT2D eigenvalue weighted by Gasteiger charge is 2.11. The standard InChI is InChI=1S/C14H22N2O2/c1-5-6-9-16(3)14(17)15-12-10-11(2)7-8-13(12)18-4/h7-8,10H,5-6,9H2,1-4H3,(H,15,17). The fraction of sp³-hybridized carbons (Fsp3) is 0.500. The van der Waals surface area contributed by atoms with Gasteiger partial charge in [0.05, 0.1) is 12.8 Å². The molecule has 0 fully saturated rings. The molecule has 4 heteroatoms. The monoisotopic (exact) mass is 250 g/mol. The lowest BCUT2D eigenvalue weighted by atomic mass is 10.2. The molecule has 1 rings (SSSR count). The zero-order valence-electron chi connectivity index (χ0n) is 11.6. The van der Waals surface area contributed by atoms with Crippen LogP contribution in [-0.4, -0.2) is 31.6 Å². The quantitative estimate of drug-likeness (QED) is 0.871. The van der Waals surface area contributed by atoms with Gasteiger partial charge >= 0.3 is 6.03 Å². The van der Waals surface area contributed by atoms with Crippen LogP contribution in [0, 0.1) is 6.92 Å². The minimum Gasteiger partial charge on any atom is -0.495 e. The van der Waals surface area contributed by atoms with Gasteiger partial charge in [-0.05, 0) is 31.0 Å². The van der Waals surface area contributed by atoms with Crippen LogP contribution in [0.4, 0.5) is 10.5 Å². The number of amides is 2. The van der Waals surface area contributed by atoms with E-state index in [4.69, 9.17) is 4.74 Å². The zero-order chi connectivity index (χ0) is 13.5. The van der Waals surface area contributed by atoms with E-state index >= 15 is 0 Å². The number of urea groups is 1. The van der Waals surface area contributed by atoms with Crippen molar-refractivity contribution in [1.29, 1.82) is 0 Å². The third-order valence-electron chi connectivity index (χ3n) is 2.79. The summed E-state index contributed by atoms with van der Waals surface area (Å²) in [6, 6.07) is 5.61. The predicted octanol–water partition coefficient (Wildman–Crippen LogP) is 3.27. The Bertz CT molecular complexity index is 405. The fourth-order valence-corrected chi connectivity index (χ4v) is 1.63. The van der Waals surface area contributed by atoms with Gasteiger partial charge in [0.25, 0.3) is 0 Å². The molecule has 0 aromatic heterocycles. The summed E-state index contributed by atoms with van der Waals surface area (Å²) in [5.41, 5.74) is 1.80. The number of nitrogens with zero attached hydrogens (tertiary/aromatic N) is 1. The van der Waals surface area contributed by atoms with E-state index in [2.05, 4.69) is 12.2 Å². The van der Waals surface area contributed by atoms with Gasteiger partial charge < -0.3 is 15.0 Å². The number of ether oxygens (including phenoxy) is 1. The molecule has 4 nitrogen and oxygen atoms in total. The summed E-state index contributed by atoms with van der Waals surface area (Å²) in [6.07, 6.45) is 2.08. The van der Waals surface area contributed by atoms with E-state index in [9.17, 15) is 4.79 Å². The second-order valence-electron chi connectivity index (χ2n) is 4.41. The van der Waals surface area contributed by atoms with Gasteiger partial charge in [-0.1, -0.05) is 19.4 Å². The third-order valence-corrected chi connectivity index (χ3v) is 2.79. The maximum atomic E-state index is 12.0. The van der Waals surface area contributed by atoms with E-state index in [1.165, 1.54) is 0 Å². The molecule has 0 aliphatic carbocycles. The van der Waals surface area contributed by atoms with E-state index in [0.717, 1.165) is 24.9 Å². The molecule has 100 valence electrons. The van der Waals surface area contributed by atoms with Crippen molar-refractivity contribution in [3.05, 3.63) is 23.8 Å². The number of rotatable bonds is 5. The molecule has 0 saturated carbocycles. The normalized spacial score (nSPS) is 10.0. The highest BCUT2D eigenvalue weighted by Crippen LogP contribution is 2.25. The summed E-state index contributed by atoms with van der Waals surface area (Å²) in [6.45, 7) is 4.85. The van der Waals surface area contributed by atoms with Crippen molar-refractivity contribution in [2.24, 2.45) is 0 Å². The summed E-state index contributed by atoms with van der Waals surface area (Å²) >= 11 is 0. The Labute approximate surface area is 109 Å². The Morgan fingerprint density at radius 1 is 1.44 bits per heavy atom. The number of methoxy groups -OCH3 is 1. The zero-order valence-corrected chi connectivity index (χ0v) is 11.6. The first-order valence-corrected chi connectivity index (χ1v) is 6.25. The van der Waals surface area contributed by atoms with Crippen molar-refractivity contribution in [1.82, 2.24) is 4.90 Å². The first-order valence-electron chi connectivity index (χ1n) is 6.25. The second-order valence-corrected chi connectivity index (χ2v) is 4.41. The number of anilines is 1. The van der Waals surface area contributed by atoms with Crippen LogP contribution in [0.5, 0.6) is 5.75 Å². The number of hydrogen-bond donors (Lipinski definition) is 1. The lowest BCUT2D eigenvalue weighted by molar-refractivity contribution is 0.221. The summed E-state index contributed by atoms with van der Waals surface area (Å²) in [5.74, 6) is 0.679. The van der Waals surface area contributed by atoms with Gasteiger partial charge in [-0.3, -0.25) is 0 Å². The molecule has 0 saturated heterocycles. The molecule has 0 aliphatic rings. The number of carbonyl (C=O) groups excluding carboxylic acids is 1. The predicted molar refractivity (Wildman–Crippen MR) is 74.3 cm³/mol. The van der Waals surface area contributed by atoms with Crippen molar-refractivity contribution < 1.29 is 9.53 Å². The SMILES string of the molecule is CCCCN(C)C(=O)Nc1cc(C)ccc1OC. The van der Waals surface area contributed by atoms with Crippen LogP contribution in [0.15, 0.2) is 18.2 Å². The molecular weight excluding hydrogens is 228 g/mol. The Morgan fingerprint density at radius 2 is 2.17 bits per heavy atom. The van der Waals surface area contributed by atoms with Crippen LogP contribution in [-0.2, 0) is 0 Å². The van der Waals surface area contributed by atoms with Crippen LogP contribution in [0.1, 0.15) is 25.3 Å². The van der Waals surface area contributed by atoms with E-state index in [-0.39, 0.29) is 6.03 Å². The molecular formula is C14H22N2O2. The van der Waals surface area contributed by atoms with E-state index in [1.807, 2.05) is 25.1 Å². The topological polar surface area (TPSA) is 41.6 Å². The second kappa shape index (κ2) is 6.89. The van der Waals surface area contributed by atoms with E-state index in [1.54, 1.807) is 19.1 Å². The van der Waals surface area contributed by atoms with Crippen molar-refractivity contribution in [3.63, 3.8) is 0 Å². The van der Waals surface area contributed by atoms with Crippen molar-refractivity contribution in [2.45, 2.75) is 26.7 Å². The summed E-state index contributed by atoms with van der Waals surface area (Å²) < 4.78 is 5.23. The number of benzene rings is 1. The number of hydrogen-bond acceptors (Lipinski definition) is 2. The van der Waals surface area contributed by atoms with Gasteiger partial charge in [-0.2, -0.15) is 0 Å². The van der Waals surface area contributed by atoms with Crippen LogP contribution in [0.2, 0.25) is 0 Å². The van der Waals surface area contributed by atoms with Gasteiger partial charge in [0, 0.05) is 13.6 Å². The van der Waals surface area contributed by atoms with Crippen LogP contribution >= 0.6 is 0 Å². The van der Waals surface area contributed by atoms with Gasteiger partial charge in [0.2, 0.25) is 0 Å². The highest BCUT2D eigenvalue weighted by molar-refractivity contribution is 5.90. The van der Waals surface area contributed by atoms with Crippen LogP contribution < -0.4 is 10.1 Å². The first-order chi connectivity index (χ1) is 8.58. The smallest absolute Gasteiger partial charge is 0.321 e. The molecule has 0 atom stereocenters. The fourth-order valence-electron chi connectivity index (χ4n) is 1.63. The maximum Gasteiger partial charge on any atom is 0.321 e. The molecule has 0 unspecified atom stereocenters. The molecule has 0 heterocycles. The summed E-state index contributed by atoms with van der Waals surface area (Å²) in [5, 5.41) is 2.87. The molecule has 2 amide bonds. The summed E-state index contributed by atoms with van der Waals surface area (Å²) in [7, 11) is 3.40. The average molecular weight is 250 g/mol. The Hall–Kier alpha value is -1.71. The minimum absolute atomic E-state index is 0.104. The molecule has 0 radical (unpaired) electrons. The van der Waals surface area contributed by atoms with Gasteiger partial charge in [-0.25, -0.2) is 4.79 Å². The minimum atomic E-state index is -0.104. The molecule has 0 spiro atoms. The first kappa shape index (κ1) is 14.4. The Morgan fingerprint density at radius 3 is 2.78 bits per heavy atom. The number of unbranched alkanes of at least 4 members (excludes halogenated alkanes) is 1. The average Bonchev–Trinajstić information content (AvgIpc) is 2.36. The molecule has 1 aromatic rings. The lowest BCUT2D eigenvalue weighted by Crippen LogP contribution is -2.32. The van der Waals surface area contributed by atoms with Gasteiger partial charge in [-0.15, -0.1) is 0 Å². The van der Waals surface area contributed by atoms with Crippen LogP contribution in [0.25, 0.3) is 0 Å². The largest absolute Gasteiger partial charge is 0.495 e. The van der Waals surface area contributed by atoms with Crippen molar-refractivity contribution >= 4 is 11.7 Å². The van der Waals surface area contributed by atoms with E-state index in [0.29, 0.717) is 11.4 Å². The van der Waals surface area contributed by atoms with Crippen LogP contribution in [0.3, 0.4) is 0 Å². The molecule has 18 heavy (non-hydrogen) atoms. The number of carbonyl (C=O) groups is 1. The van der Waals surface area contributed by atoms with Crippen molar-refractivity contribution in [3.8, 4) is 5.75 Å². The summed E-state index contributed by atoms with van der Waals surface area (Å²) in [4.78, 5) is 13.6. The molecule has 0 aliphatic heterocycles. The molecule has 1 aromatic carbocycles. The Balaban J connectivity index is 2.71. The van der Waals surface area contributed by atoms with Crippen molar-refractivity contribution in [2.75, 3.05) is 26.0 Å². The third kappa shape index (κ3) is 3.95. The number of nitrogens with one attached hydrogen (secondary N) is 1. The van der Waals surface area contributed by atoms with Gasteiger partial charge in [0.1, 0.15) is 5.75 Å². The van der Waals surface area contributed by atoms with E-state index < -0.39 is 0 Å². The Kier molecular flexibility index (Phi) is 5.49. The number of aryl methyl sites for hydroxylation is 1. The van der Waals surface area contributed by atoms with Gasteiger partial charge in [0.15, 0.2) is 0 Å². The molecule has 0 bridgehead atoms. The molecule has 1 N–H and O–H groups in total. The maximum absolute atomic E-state index is 12.0.